The number of amides is 1. The number of fused-ring (bicyclic) bond motifs is 1. The molecular formula is C18H17N3O3S. The summed E-state index contributed by atoms with van der Waals surface area (Å²) in [7, 11) is 0. The molecule has 0 spiro atoms. The van der Waals surface area contributed by atoms with Crippen LogP contribution < -0.4 is 5.32 Å². The molecule has 1 atom stereocenters. The van der Waals surface area contributed by atoms with Gasteiger partial charge in [-0.3, -0.25) is 4.79 Å². The van der Waals surface area contributed by atoms with Crippen LogP contribution in [0.4, 0.5) is 5.00 Å². The average Bonchev–Trinajstić information content (AvgIpc) is 2.96. The second-order valence-corrected chi connectivity index (χ2v) is 7.11. The van der Waals surface area contributed by atoms with Crippen LogP contribution in [0.5, 0.6) is 0 Å². The van der Waals surface area contributed by atoms with Crippen molar-refractivity contribution < 1.29 is 14.3 Å². The van der Waals surface area contributed by atoms with Gasteiger partial charge in [-0.05, 0) is 42.9 Å². The normalized spacial score (nSPS) is 15.8. The number of ether oxygens (including phenoxy) is 1. The topological polar surface area (TPSA) is 92.1 Å². The van der Waals surface area contributed by atoms with Crippen LogP contribution in [-0.4, -0.2) is 23.5 Å². The fourth-order valence-electron chi connectivity index (χ4n) is 2.81. The molecule has 2 aromatic heterocycles. The highest BCUT2D eigenvalue weighted by molar-refractivity contribution is 7.16. The smallest absolute Gasteiger partial charge is 0.357 e. The van der Waals surface area contributed by atoms with Gasteiger partial charge in [-0.1, -0.05) is 13.0 Å². The van der Waals surface area contributed by atoms with Crippen LogP contribution in [-0.2, 0) is 22.4 Å². The quantitative estimate of drug-likeness (QED) is 0.851. The SMILES string of the molecule is C[C@H]1CCc2c(sc(NC(=O)COC(=O)c3ccccn3)c2C#N)C1. The van der Waals surface area contributed by atoms with Crippen LogP contribution in [0, 0.1) is 17.2 Å². The Bertz CT molecular complexity index is 839. The molecule has 0 fully saturated rings. The van der Waals surface area contributed by atoms with Crippen molar-refractivity contribution in [2.24, 2.45) is 5.92 Å². The number of carbonyl (C=O) groups excluding carboxylic acids is 2. The second-order valence-electron chi connectivity index (χ2n) is 6.01. The van der Waals surface area contributed by atoms with E-state index in [2.05, 4.69) is 23.3 Å². The zero-order valence-electron chi connectivity index (χ0n) is 13.7. The van der Waals surface area contributed by atoms with E-state index in [0.29, 0.717) is 16.5 Å². The summed E-state index contributed by atoms with van der Waals surface area (Å²) in [6.07, 6.45) is 4.32. The molecule has 25 heavy (non-hydrogen) atoms. The number of carbonyl (C=O) groups is 2. The van der Waals surface area contributed by atoms with Crippen molar-refractivity contribution in [3.63, 3.8) is 0 Å². The van der Waals surface area contributed by atoms with E-state index in [-0.39, 0.29) is 5.69 Å². The molecule has 1 aliphatic carbocycles. The molecule has 1 N–H and O–H groups in total. The van der Waals surface area contributed by atoms with Crippen LogP contribution in [0.15, 0.2) is 24.4 Å². The zero-order chi connectivity index (χ0) is 17.8. The summed E-state index contributed by atoms with van der Waals surface area (Å²) in [5, 5.41) is 12.7. The lowest BCUT2D eigenvalue weighted by Gasteiger charge is -2.17. The van der Waals surface area contributed by atoms with E-state index < -0.39 is 18.5 Å². The van der Waals surface area contributed by atoms with Gasteiger partial charge < -0.3 is 10.1 Å². The maximum absolute atomic E-state index is 12.1. The van der Waals surface area contributed by atoms with E-state index in [9.17, 15) is 14.9 Å². The van der Waals surface area contributed by atoms with Gasteiger partial charge in [0.1, 0.15) is 16.8 Å². The number of esters is 1. The van der Waals surface area contributed by atoms with Gasteiger partial charge in [0.15, 0.2) is 6.61 Å². The molecule has 0 bridgehead atoms. The Balaban J connectivity index is 1.64. The highest BCUT2D eigenvalue weighted by Gasteiger charge is 2.24. The monoisotopic (exact) mass is 355 g/mol. The minimum absolute atomic E-state index is 0.147. The van der Waals surface area contributed by atoms with Gasteiger partial charge in [0.05, 0.1) is 5.56 Å². The number of pyridine rings is 1. The Morgan fingerprint density at radius 1 is 1.48 bits per heavy atom. The summed E-state index contributed by atoms with van der Waals surface area (Å²) >= 11 is 1.44. The van der Waals surface area contributed by atoms with Crippen LogP contribution in [0.2, 0.25) is 0 Å². The summed E-state index contributed by atoms with van der Waals surface area (Å²) in [4.78, 5) is 28.9. The van der Waals surface area contributed by atoms with Crippen molar-refractivity contribution in [2.75, 3.05) is 11.9 Å². The van der Waals surface area contributed by atoms with Crippen LogP contribution in [0.1, 0.15) is 39.8 Å². The summed E-state index contributed by atoms with van der Waals surface area (Å²) in [5.74, 6) is -0.538. The maximum atomic E-state index is 12.1. The minimum atomic E-state index is -0.657. The summed E-state index contributed by atoms with van der Waals surface area (Å²) in [6.45, 7) is 1.77. The molecule has 1 amide bonds. The van der Waals surface area contributed by atoms with E-state index >= 15 is 0 Å². The van der Waals surface area contributed by atoms with E-state index in [1.807, 2.05) is 0 Å². The van der Waals surface area contributed by atoms with Crippen LogP contribution >= 0.6 is 11.3 Å². The molecule has 6 nitrogen and oxygen atoms in total. The first kappa shape index (κ1) is 17.1. The van der Waals surface area contributed by atoms with E-state index in [4.69, 9.17) is 4.74 Å². The molecule has 128 valence electrons. The molecule has 2 aromatic rings. The molecule has 0 aliphatic heterocycles. The lowest BCUT2D eigenvalue weighted by molar-refractivity contribution is -0.119. The lowest BCUT2D eigenvalue weighted by atomic mass is 9.89. The molecule has 0 radical (unpaired) electrons. The molecule has 0 saturated heterocycles. The third-order valence-electron chi connectivity index (χ3n) is 4.08. The van der Waals surface area contributed by atoms with Crippen molar-refractivity contribution in [1.82, 2.24) is 4.98 Å². The van der Waals surface area contributed by atoms with Gasteiger partial charge in [-0.25, -0.2) is 9.78 Å². The lowest BCUT2D eigenvalue weighted by Crippen LogP contribution is -2.21. The first-order valence-electron chi connectivity index (χ1n) is 8.01. The Morgan fingerprint density at radius 2 is 2.32 bits per heavy atom. The van der Waals surface area contributed by atoms with Crippen molar-refractivity contribution >= 4 is 28.2 Å². The van der Waals surface area contributed by atoms with Crippen LogP contribution in [0.3, 0.4) is 0 Å². The number of hydrogen-bond donors (Lipinski definition) is 1. The predicted octanol–water partition coefficient (Wildman–Crippen LogP) is 2.94. The summed E-state index contributed by atoms with van der Waals surface area (Å²) in [6, 6.07) is 7.06. The third kappa shape index (κ3) is 3.86. The van der Waals surface area contributed by atoms with E-state index in [0.717, 1.165) is 29.7 Å². The van der Waals surface area contributed by atoms with E-state index in [1.54, 1.807) is 12.1 Å². The zero-order valence-corrected chi connectivity index (χ0v) is 14.6. The predicted molar refractivity (Wildman–Crippen MR) is 93.4 cm³/mol. The maximum Gasteiger partial charge on any atom is 0.357 e. The molecular weight excluding hydrogens is 338 g/mol. The fourth-order valence-corrected chi connectivity index (χ4v) is 4.19. The number of hydrogen-bond acceptors (Lipinski definition) is 6. The number of nitriles is 1. The van der Waals surface area contributed by atoms with E-state index in [1.165, 1.54) is 23.6 Å². The first-order chi connectivity index (χ1) is 12.1. The van der Waals surface area contributed by atoms with Gasteiger partial charge >= 0.3 is 5.97 Å². The molecule has 0 aromatic carbocycles. The Labute approximate surface area is 149 Å². The fraction of sp³-hybridized carbons (Fsp3) is 0.333. The molecule has 7 heteroatoms. The second kappa shape index (κ2) is 7.45. The summed E-state index contributed by atoms with van der Waals surface area (Å²) < 4.78 is 4.96. The number of thiophene rings is 1. The van der Waals surface area contributed by atoms with Crippen molar-refractivity contribution in [3.05, 3.63) is 46.1 Å². The molecule has 2 heterocycles. The highest BCUT2D eigenvalue weighted by Crippen LogP contribution is 2.39. The Kier molecular flexibility index (Phi) is 5.10. The Morgan fingerprint density at radius 3 is 3.04 bits per heavy atom. The average molecular weight is 355 g/mol. The number of anilines is 1. The van der Waals surface area contributed by atoms with Crippen molar-refractivity contribution in [3.8, 4) is 6.07 Å². The summed E-state index contributed by atoms with van der Waals surface area (Å²) in [5.41, 5.74) is 1.73. The van der Waals surface area contributed by atoms with Crippen molar-refractivity contribution in [1.29, 1.82) is 5.26 Å². The van der Waals surface area contributed by atoms with Gasteiger partial charge in [-0.15, -0.1) is 11.3 Å². The number of aromatic nitrogens is 1. The highest BCUT2D eigenvalue weighted by atomic mass is 32.1. The van der Waals surface area contributed by atoms with Gasteiger partial charge in [-0.2, -0.15) is 5.26 Å². The first-order valence-corrected chi connectivity index (χ1v) is 8.82. The van der Waals surface area contributed by atoms with Gasteiger partial charge in [0.25, 0.3) is 5.91 Å². The minimum Gasteiger partial charge on any atom is -0.451 e. The standard InChI is InChI=1S/C18H17N3O3S/c1-11-5-6-12-13(9-19)17(25-15(12)8-11)21-16(22)10-24-18(23)14-4-2-3-7-20-14/h2-4,7,11H,5-6,8,10H2,1H3,(H,21,22)/t11-/m0/s1. The number of nitrogens with one attached hydrogen (secondary N) is 1. The van der Waals surface area contributed by atoms with Crippen LogP contribution in [0.25, 0.3) is 0 Å². The Hall–Kier alpha value is -2.72. The number of rotatable bonds is 4. The van der Waals surface area contributed by atoms with Gasteiger partial charge in [0, 0.05) is 11.1 Å². The van der Waals surface area contributed by atoms with Crippen molar-refractivity contribution in [2.45, 2.75) is 26.2 Å². The molecule has 1 aliphatic rings. The number of nitrogens with zero attached hydrogens (tertiary/aromatic N) is 2. The largest absolute Gasteiger partial charge is 0.451 e. The van der Waals surface area contributed by atoms with Gasteiger partial charge in [0.2, 0.25) is 0 Å². The molecule has 0 saturated carbocycles. The third-order valence-corrected chi connectivity index (χ3v) is 5.25. The molecule has 0 unspecified atom stereocenters. The molecule has 3 rings (SSSR count).